The number of rotatable bonds is 7. The van der Waals surface area contributed by atoms with Crippen LogP contribution in [0.2, 0.25) is 0 Å². The van der Waals surface area contributed by atoms with Crippen LogP contribution in [0.4, 0.5) is 5.88 Å². The van der Waals surface area contributed by atoms with Crippen molar-refractivity contribution in [1.29, 1.82) is 0 Å². The number of benzene rings is 2. The van der Waals surface area contributed by atoms with Crippen LogP contribution in [0.3, 0.4) is 0 Å². The molecule has 7 heteroatoms. The molecule has 0 aliphatic heterocycles. The predicted molar refractivity (Wildman–Crippen MR) is 120 cm³/mol. The zero-order valence-corrected chi connectivity index (χ0v) is 18.7. The Kier molecular flexibility index (Phi) is 6.32. The molecule has 0 radical (unpaired) electrons. The number of sulfone groups is 1. The molecule has 1 aromatic heterocycles. The molecule has 3 aromatic rings. The maximum absolute atomic E-state index is 13.4. The van der Waals surface area contributed by atoms with Crippen molar-refractivity contribution in [3.63, 3.8) is 0 Å². The highest BCUT2D eigenvalue weighted by atomic mass is 32.2. The van der Waals surface area contributed by atoms with E-state index < -0.39 is 9.84 Å². The first kappa shape index (κ1) is 21.4. The van der Waals surface area contributed by atoms with Crippen LogP contribution in [0.15, 0.2) is 62.9 Å². The van der Waals surface area contributed by atoms with Crippen LogP contribution in [-0.2, 0) is 9.84 Å². The van der Waals surface area contributed by atoms with E-state index in [2.05, 4.69) is 10.3 Å². The van der Waals surface area contributed by atoms with Crippen molar-refractivity contribution in [1.82, 2.24) is 4.98 Å². The standard InChI is InChI=1S/C24H28N2O4S/c1-3-29-20-13-11-18(12-14-20)22-26-24(23(30-22)25-19-7-5-4-6-8-19)31(27,28)21-15-9-17(2)10-16-21/h9-16,19,25H,3-8H2,1-2H3. The molecule has 1 aliphatic rings. The van der Waals surface area contributed by atoms with Crippen LogP contribution in [-0.4, -0.2) is 26.1 Å². The molecule has 0 saturated heterocycles. The second-order valence-corrected chi connectivity index (χ2v) is 9.77. The van der Waals surface area contributed by atoms with Crippen molar-refractivity contribution in [2.45, 2.75) is 61.9 Å². The average molecular weight is 441 g/mol. The Morgan fingerprint density at radius 2 is 1.71 bits per heavy atom. The van der Waals surface area contributed by atoms with Gasteiger partial charge in [0.2, 0.25) is 26.6 Å². The molecule has 0 bridgehead atoms. The van der Waals surface area contributed by atoms with E-state index in [0.29, 0.717) is 12.2 Å². The number of aromatic nitrogens is 1. The van der Waals surface area contributed by atoms with E-state index in [-0.39, 0.29) is 27.7 Å². The quantitative estimate of drug-likeness (QED) is 0.513. The maximum Gasteiger partial charge on any atom is 0.234 e. The van der Waals surface area contributed by atoms with Gasteiger partial charge in [-0.3, -0.25) is 0 Å². The van der Waals surface area contributed by atoms with E-state index in [1.165, 1.54) is 6.42 Å². The zero-order valence-electron chi connectivity index (χ0n) is 17.9. The summed E-state index contributed by atoms with van der Waals surface area (Å²) in [4.78, 5) is 4.64. The molecule has 4 rings (SSSR count). The van der Waals surface area contributed by atoms with Gasteiger partial charge in [0, 0.05) is 11.6 Å². The number of anilines is 1. The van der Waals surface area contributed by atoms with Crippen LogP contribution in [0.25, 0.3) is 11.5 Å². The zero-order chi connectivity index (χ0) is 21.8. The van der Waals surface area contributed by atoms with Gasteiger partial charge in [-0.1, -0.05) is 37.0 Å². The van der Waals surface area contributed by atoms with Gasteiger partial charge in [0.25, 0.3) is 0 Å². The third-order valence-corrected chi connectivity index (χ3v) is 7.21. The highest BCUT2D eigenvalue weighted by molar-refractivity contribution is 7.91. The fourth-order valence-corrected chi connectivity index (χ4v) is 5.09. The first-order valence-electron chi connectivity index (χ1n) is 10.8. The van der Waals surface area contributed by atoms with Crippen LogP contribution in [0.5, 0.6) is 5.75 Å². The number of hydrogen-bond donors (Lipinski definition) is 1. The van der Waals surface area contributed by atoms with Crippen molar-refractivity contribution in [2.24, 2.45) is 0 Å². The Morgan fingerprint density at radius 1 is 1.03 bits per heavy atom. The SMILES string of the molecule is CCOc1ccc(-c2nc(S(=O)(=O)c3ccc(C)cc3)c(NC3CCCCC3)o2)cc1. The second-order valence-electron chi connectivity index (χ2n) is 7.91. The average Bonchev–Trinajstić information content (AvgIpc) is 3.20. The molecule has 1 heterocycles. The van der Waals surface area contributed by atoms with Crippen molar-refractivity contribution < 1.29 is 17.6 Å². The molecule has 31 heavy (non-hydrogen) atoms. The minimum atomic E-state index is -3.83. The lowest BCUT2D eigenvalue weighted by molar-refractivity contribution is 0.340. The summed E-state index contributed by atoms with van der Waals surface area (Å²) in [5.41, 5.74) is 1.69. The summed E-state index contributed by atoms with van der Waals surface area (Å²) in [6, 6.07) is 14.3. The number of oxazole rings is 1. The first-order chi connectivity index (χ1) is 15.0. The largest absolute Gasteiger partial charge is 0.494 e. The monoisotopic (exact) mass is 440 g/mol. The smallest absolute Gasteiger partial charge is 0.234 e. The fraction of sp³-hybridized carbons (Fsp3) is 0.375. The molecular formula is C24H28N2O4S. The minimum absolute atomic E-state index is 0.0641. The molecule has 2 aromatic carbocycles. The molecule has 0 amide bonds. The van der Waals surface area contributed by atoms with Gasteiger partial charge in [0.15, 0.2) is 0 Å². The Morgan fingerprint density at radius 3 is 2.35 bits per heavy atom. The lowest BCUT2D eigenvalue weighted by atomic mass is 9.96. The van der Waals surface area contributed by atoms with Gasteiger partial charge in [-0.25, -0.2) is 8.42 Å². The Hall–Kier alpha value is -2.80. The third-order valence-electron chi connectivity index (χ3n) is 5.53. The molecule has 0 spiro atoms. The fourth-order valence-electron chi connectivity index (χ4n) is 3.82. The van der Waals surface area contributed by atoms with Gasteiger partial charge in [0.05, 0.1) is 11.5 Å². The number of ether oxygens (including phenoxy) is 1. The number of hydrogen-bond acceptors (Lipinski definition) is 6. The van der Waals surface area contributed by atoms with Crippen molar-refractivity contribution in [2.75, 3.05) is 11.9 Å². The van der Waals surface area contributed by atoms with Crippen LogP contribution in [0.1, 0.15) is 44.6 Å². The summed E-state index contributed by atoms with van der Waals surface area (Å²) in [5.74, 6) is 1.23. The normalized spacial score (nSPS) is 15.0. The summed E-state index contributed by atoms with van der Waals surface area (Å²) < 4.78 is 38.3. The summed E-state index contributed by atoms with van der Waals surface area (Å²) >= 11 is 0. The molecule has 164 valence electrons. The summed E-state index contributed by atoms with van der Waals surface area (Å²) in [7, 11) is -3.83. The highest BCUT2D eigenvalue weighted by Gasteiger charge is 2.30. The minimum Gasteiger partial charge on any atom is -0.494 e. The number of nitrogens with one attached hydrogen (secondary N) is 1. The van der Waals surface area contributed by atoms with Crippen molar-refractivity contribution in [3.05, 3.63) is 54.1 Å². The van der Waals surface area contributed by atoms with Gasteiger partial charge < -0.3 is 14.5 Å². The van der Waals surface area contributed by atoms with Crippen LogP contribution < -0.4 is 10.1 Å². The molecule has 1 N–H and O–H groups in total. The summed E-state index contributed by atoms with van der Waals surface area (Å²) in [6.45, 7) is 4.42. The van der Waals surface area contributed by atoms with Crippen molar-refractivity contribution >= 4 is 15.7 Å². The second kappa shape index (κ2) is 9.14. The number of aryl methyl sites for hydroxylation is 1. The maximum atomic E-state index is 13.4. The van der Waals surface area contributed by atoms with Gasteiger partial charge in [-0.05, 0) is 63.1 Å². The third kappa shape index (κ3) is 4.77. The molecule has 0 atom stereocenters. The molecule has 1 aliphatic carbocycles. The van der Waals surface area contributed by atoms with Gasteiger partial charge in [-0.2, -0.15) is 4.98 Å². The van der Waals surface area contributed by atoms with Crippen molar-refractivity contribution in [3.8, 4) is 17.2 Å². The Balaban J connectivity index is 1.73. The van der Waals surface area contributed by atoms with Crippen LogP contribution in [0, 0.1) is 6.92 Å². The molecule has 1 saturated carbocycles. The summed E-state index contributed by atoms with van der Waals surface area (Å²) in [5, 5.41) is 3.26. The number of nitrogens with zero attached hydrogens (tertiary/aromatic N) is 1. The molecule has 1 fully saturated rings. The lowest BCUT2D eigenvalue weighted by Gasteiger charge is -2.22. The van der Waals surface area contributed by atoms with E-state index in [4.69, 9.17) is 9.15 Å². The van der Waals surface area contributed by atoms with Gasteiger partial charge >= 0.3 is 0 Å². The Bertz CT molecular complexity index is 1110. The van der Waals surface area contributed by atoms with E-state index in [1.807, 2.05) is 38.1 Å². The summed E-state index contributed by atoms with van der Waals surface area (Å²) in [6.07, 6.45) is 5.43. The van der Waals surface area contributed by atoms with E-state index >= 15 is 0 Å². The molecular weight excluding hydrogens is 412 g/mol. The van der Waals surface area contributed by atoms with E-state index in [0.717, 1.165) is 37.0 Å². The van der Waals surface area contributed by atoms with E-state index in [1.54, 1.807) is 24.3 Å². The highest BCUT2D eigenvalue weighted by Crippen LogP contribution is 2.34. The van der Waals surface area contributed by atoms with E-state index in [9.17, 15) is 8.42 Å². The first-order valence-corrected chi connectivity index (χ1v) is 12.3. The van der Waals surface area contributed by atoms with Crippen LogP contribution >= 0.6 is 0 Å². The topological polar surface area (TPSA) is 81.4 Å². The van der Waals surface area contributed by atoms with Gasteiger partial charge in [0.1, 0.15) is 5.75 Å². The molecule has 0 unspecified atom stereocenters. The van der Waals surface area contributed by atoms with Gasteiger partial charge in [-0.15, -0.1) is 0 Å². The predicted octanol–water partition coefficient (Wildman–Crippen LogP) is 5.63. The molecule has 6 nitrogen and oxygen atoms in total. The lowest BCUT2D eigenvalue weighted by Crippen LogP contribution is -2.23. The Labute approximate surface area is 183 Å².